The van der Waals surface area contributed by atoms with Crippen molar-refractivity contribution in [3.63, 3.8) is 0 Å². The third-order valence-corrected chi connectivity index (χ3v) is 4.69. The summed E-state index contributed by atoms with van der Waals surface area (Å²) in [6, 6.07) is 9.03. The van der Waals surface area contributed by atoms with Gasteiger partial charge in [-0.3, -0.25) is 0 Å². The molecule has 0 fully saturated rings. The maximum atomic E-state index is 13.4. The minimum atomic E-state index is -0.645. The Morgan fingerprint density at radius 3 is 2.77 bits per heavy atom. The number of ether oxygens (including phenoxy) is 4. The molecule has 0 aromatic heterocycles. The first-order valence-electron chi connectivity index (χ1n) is 8.85. The van der Waals surface area contributed by atoms with Gasteiger partial charge in [0.2, 0.25) is 5.90 Å². The van der Waals surface area contributed by atoms with Gasteiger partial charge in [0.15, 0.2) is 23.8 Å². The zero-order valence-electron chi connectivity index (χ0n) is 16.1. The highest BCUT2D eigenvalue weighted by Crippen LogP contribution is 2.35. The average Bonchev–Trinajstić information content (AvgIpc) is 3.07. The average molecular weight is 525 g/mol. The summed E-state index contributed by atoms with van der Waals surface area (Å²) >= 11 is 2.04. The summed E-state index contributed by atoms with van der Waals surface area (Å²) in [5.41, 5.74) is 1.04. The first-order valence-corrected chi connectivity index (χ1v) is 9.93. The molecule has 0 saturated carbocycles. The topological polar surface area (TPSA) is 83.4 Å². The number of hydrogen-bond acceptors (Lipinski definition) is 7. The standard InChI is InChI=1S/C21H17FINO6/c1-3-28-17-9-12(7-15(23)19(17)29-11-18(25)27-2)8-16-21(26)30-20(24-16)13-5-4-6-14(22)10-13/h4-10H,3,11H2,1-2H3/b16-8-. The zero-order valence-corrected chi connectivity index (χ0v) is 18.3. The van der Waals surface area contributed by atoms with E-state index in [2.05, 4.69) is 9.73 Å². The molecule has 0 amide bonds. The lowest BCUT2D eigenvalue weighted by molar-refractivity contribution is -0.143. The smallest absolute Gasteiger partial charge is 0.363 e. The van der Waals surface area contributed by atoms with Gasteiger partial charge >= 0.3 is 11.9 Å². The van der Waals surface area contributed by atoms with Gasteiger partial charge in [0.25, 0.3) is 0 Å². The molecule has 9 heteroatoms. The van der Waals surface area contributed by atoms with Crippen LogP contribution in [0.15, 0.2) is 47.1 Å². The Morgan fingerprint density at radius 2 is 2.07 bits per heavy atom. The molecule has 1 aliphatic heterocycles. The highest BCUT2D eigenvalue weighted by Gasteiger charge is 2.25. The summed E-state index contributed by atoms with van der Waals surface area (Å²) < 4.78 is 35.0. The Hall–Kier alpha value is -2.95. The minimum Gasteiger partial charge on any atom is -0.490 e. The first-order chi connectivity index (χ1) is 14.4. The Morgan fingerprint density at radius 1 is 1.27 bits per heavy atom. The molecule has 1 aliphatic rings. The molecule has 156 valence electrons. The van der Waals surface area contributed by atoms with Crippen molar-refractivity contribution in [2.24, 2.45) is 4.99 Å². The van der Waals surface area contributed by atoms with E-state index in [0.717, 1.165) is 0 Å². The summed E-state index contributed by atoms with van der Waals surface area (Å²) in [5, 5.41) is 0. The molecular weight excluding hydrogens is 508 g/mol. The van der Waals surface area contributed by atoms with Gasteiger partial charge in [0.1, 0.15) is 5.82 Å². The van der Waals surface area contributed by atoms with Gasteiger partial charge in [-0.05, 0) is 71.5 Å². The summed E-state index contributed by atoms with van der Waals surface area (Å²) in [4.78, 5) is 27.8. The highest BCUT2D eigenvalue weighted by molar-refractivity contribution is 14.1. The van der Waals surface area contributed by atoms with Gasteiger partial charge in [-0.2, -0.15) is 0 Å². The molecule has 0 aliphatic carbocycles. The lowest BCUT2D eigenvalue weighted by Gasteiger charge is -2.14. The van der Waals surface area contributed by atoms with E-state index in [4.69, 9.17) is 14.2 Å². The van der Waals surface area contributed by atoms with Gasteiger partial charge < -0.3 is 18.9 Å². The molecule has 0 radical (unpaired) electrons. The SMILES string of the molecule is CCOc1cc(/C=C2\N=C(c3cccc(F)c3)OC2=O)cc(I)c1OCC(=O)OC. The molecule has 2 aromatic rings. The fraction of sp³-hybridized carbons (Fsp3) is 0.190. The maximum Gasteiger partial charge on any atom is 0.363 e. The molecule has 0 atom stereocenters. The number of cyclic esters (lactones) is 1. The van der Waals surface area contributed by atoms with Crippen molar-refractivity contribution in [3.05, 3.63) is 62.6 Å². The summed E-state index contributed by atoms with van der Waals surface area (Å²) in [6.07, 6.45) is 1.53. The van der Waals surface area contributed by atoms with Crippen LogP contribution in [0, 0.1) is 9.39 Å². The van der Waals surface area contributed by atoms with Crippen molar-refractivity contribution in [1.29, 1.82) is 0 Å². The van der Waals surface area contributed by atoms with E-state index in [-0.39, 0.29) is 18.2 Å². The lowest BCUT2D eigenvalue weighted by atomic mass is 10.1. The van der Waals surface area contributed by atoms with E-state index in [0.29, 0.717) is 32.8 Å². The highest BCUT2D eigenvalue weighted by atomic mass is 127. The van der Waals surface area contributed by atoms with Gasteiger partial charge in [-0.15, -0.1) is 0 Å². The Labute approximate surface area is 185 Å². The maximum absolute atomic E-state index is 13.4. The predicted octanol–water partition coefficient (Wildman–Crippen LogP) is 3.73. The molecule has 2 aromatic carbocycles. The van der Waals surface area contributed by atoms with Crippen LogP contribution in [0.4, 0.5) is 4.39 Å². The quantitative estimate of drug-likeness (QED) is 0.312. The first kappa shape index (κ1) is 21.8. The van der Waals surface area contributed by atoms with Gasteiger partial charge in [-0.25, -0.2) is 19.0 Å². The second kappa shape index (κ2) is 9.70. The van der Waals surface area contributed by atoms with Crippen LogP contribution in [-0.4, -0.2) is 38.2 Å². The summed E-state index contributed by atoms with van der Waals surface area (Å²) in [6.45, 7) is 1.92. The summed E-state index contributed by atoms with van der Waals surface area (Å²) in [7, 11) is 1.27. The number of nitrogens with zero attached hydrogens (tertiary/aromatic N) is 1. The number of rotatable bonds is 7. The summed E-state index contributed by atoms with van der Waals surface area (Å²) in [5.74, 6) is -0.796. The predicted molar refractivity (Wildman–Crippen MR) is 115 cm³/mol. The molecule has 0 spiro atoms. The van der Waals surface area contributed by atoms with E-state index in [1.54, 1.807) is 18.2 Å². The molecule has 7 nitrogen and oxygen atoms in total. The number of hydrogen-bond donors (Lipinski definition) is 0. The molecule has 30 heavy (non-hydrogen) atoms. The van der Waals surface area contributed by atoms with E-state index in [9.17, 15) is 14.0 Å². The van der Waals surface area contributed by atoms with Gasteiger partial charge in [0, 0.05) is 5.56 Å². The van der Waals surface area contributed by atoms with Crippen molar-refractivity contribution in [2.45, 2.75) is 6.92 Å². The Bertz CT molecular complexity index is 1050. The number of methoxy groups -OCH3 is 1. The fourth-order valence-corrected chi connectivity index (χ4v) is 3.36. The van der Waals surface area contributed by atoms with Crippen molar-refractivity contribution < 1.29 is 32.9 Å². The molecule has 0 bridgehead atoms. The second-order valence-electron chi connectivity index (χ2n) is 5.97. The third kappa shape index (κ3) is 5.15. The van der Waals surface area contributed by atoms with Crippen LogP contribution in [0.2, 0.25) is 0 Å². The van der Waals surface area contributed by atoms with Crippen molar-refractivity contribution >= 4 is 46.5 Å². The largest absolute Gasteiger partial charge is 0.490 e. The van der Waals surface area contributed by atoms with E-state index >= 15 is 0 Å². The van der Waals surface area contributed by atoms with Crippen LogP contribution in [0.3, 0.4) is 0 Å². The van der Waals surface area contributed by atoms with Crippen LogP contribution in [0.1, 0.15) is 18.1 Å². The van der Waals surface area contributed by atoms with Gasteiger partial charge in [-0.1, -0.05) is 6.07 Å². The molecule has 1 heterocycles. The zero-order chi connectivity index (χ0) is 21.7. The van der Waals surface area contributed by atoms with E-state index in [1.165, 1.54) is 31.4 Å². The van der Waals surface area contributed by atoms with Crippen LogP contribution in [0.25, 0.3) is 6.08 Å². The van der Waals surface area contributed by atoms with Crippen molar-refractivity contribution in [2.75, 3.05) is 20.3 Å². The molecule has 0 saturated heterocycles. The van der Waals surface area contributed by atoms with Gasteiger partial charge in [0.05, 0.1) is 17.3 Å². The number of esters is 2. The van der Waals surface area contributed by atoms with Crippen LogP contribution in [-0.2, 0) is 19.1 Å². The van der Waals surface area contributed by atoms with Crippen LogP contribution < -0.4 is 9.47 Å². The van der Waals surface area contributed by atoms with Crippen molar-refractivity contribution in [3.8, 4) is 11.5 Å². The van der Waals surface area contributed by atoms with Crippen molar-refractivity contribution in [1.82, 2.24) is 0 Å². The van der Waals surface area contributed by atoms with Crippen LogP contribution in [0.5, 0.6) is 11.5 Å². The lowest BCUT2D eigenvalue weighted by Crippen LogP contribution is -2.14. The number of benzene rings is 2. The fourth-order valence-electron chi connectivity index (χ4n) is 2.58. The minimum absolute atomic E-state index is 0.0310. The monoisotopic (exact) mass is 525 g/mol. The number of aliphatic imine (C=N–C) groups is 1. The molecule has 0 unspecified atom stereocenters. The Kier molecular flexibility index (Phi) is 7.03. The van der Waals surface area contributed by atoms with Crippen LogP contribution >= 0.6 is 22.6 Å². The molecule has 0 N–H and O–H groups in total. The number of halogens is 2. The van der Waals surface area contributed by atoms with E-state index < -0.39 is 17.8 Å². The van der Waals surface area contributed by atoms with E-state index in [1.807, 2.05) is 29.5 Å². The molecule has 3 rings (SSSR count). The molecular formula is C21H17FINO6. The third-order valence-electron chi connectivity index (χ3n) is 3.89. The second-order valence-corrected chi connectivity index (χ2v) is 7.14. The Balaban J connectivity index is 1.92. The number of carbonyl (C=O) groups is 2. The normalized spacial score (nSPS) is 14.3. The number of carbonyl (C=O) groups excluding carboxylic acids is 2.